The second-order valence-electron chi connectivity index (χ2n) is 6.55. The van der Waals surface area contributed by atoms with Crippen molar-refractivity contribution < 1.29 is 13.2 Å². The van der Waals surface area contributed by atoms with Gasteiger partial charge < -0.3 is 10.1 Å². The maximum absolute atomic E-state index is 13.2. The number of sulfonamides is 1. The van der Waals surface area contributed by atoms with E-state index in [1.54, 1.807) is 22.6 Å². The standard InChI is InChI=1S/C17H20ClN3O3S.ClH/c18-15-9-19-8-12-2-1-3-16(17(12)15)25(22,23)21-6-4-13(10-21)20-14-5-7-24-11-14;/h1-3,8-9,13-14,20H,4-7,10-11H2;1H/t13-,14?;/m0./s1. The Hall–Kier alpha value is -0.960. The molecule has 6 nitrogen and oxygen atoms in total. The molecule has 1 aromatic carbocycles. The molecular weight excluding hydrogens is 397 g/mol. The Balaban J connectivity index is 0.00000196. The first-order chi connectivity index (χ1) is 12.1. The molecule has 0 radical (unpaired) electrons. The average Bonchev–Trinajstić information content (AvgIpc) is 3.27. The van der Waals surface area contributed by atoms with E-state index in [9.17, 15) is 8.42 Å². The molecule has 2 aromatic rings. The smallest absolute Gasteiger partial charge is 0.243 e. The molecule has 0 bridgehead atoms. The molecule has 0 saturated carbocycles. The summed E-state index contributed by atoms with van der Waals surface area (Å²) in [5, 5.41) is 5.14. The quantitative estimate of drug-likeness (QED) is 0.826. The molecule has 0 amide bonds. The number of pyridine rings is 1. The third kappa shape index (κ3) is 3.69. The van der Waals surface area contributed by atoms with Crippen molar-refractivity contribution in [1.82, 2.24) is 14.6 Å². The lowest BCUT2D eigenvalue weighted by Crippen LogP contribution is -2.41. The minimum absolute atomic E-state index is 0. The third-order valence-corrected chi connectivity index (χ3v) is 7.06. The molecule has 2 aliphatic heterocycles. The van der Waals surface area contributed by atoms with Gasteiger partial charge in [0.2, 0.25) is 10.0 Å². The van der Waals surface area contributed by atoms with E-state index in [1.165, 1.54) is 6.20 Å². The number of fused-ring (bicyclic) bond motifs is 1. The topological polar surface area (TPSA) is 71.5 Å². The molecule has 1 N–H and O–H groups in total. The molecule has 0 aliphatic carbocycles. The van der Waals surface area contributed by atoms with Crippen LogP contribution in [0.5, 0.6) is 0 Å². The molecule has 2 atom stereocenters. The monoisotopic (exact) mass is 417 g/mol. The predicted octanol–water partition coefficient (Wildman–Crippen LogP) is 2.45. The summed E-state index contributed by atoms with van der Waals surface area (Å²) < 4.78 is 33.3. The number of rotatable bonds is 4. The largest absolute Gasteiger partial charge is 0.380 e. The minimum Gasteiger partial charge on any atom is -0.380 e. The number of halogens is 2. The van der Waals surface area contributed by atoms with Gasteiger partial charge in [0.1, 0.15) is 0 Å². The average molecular weight is 418 g/mol. The van der Waals surface area contributed by atoms with Crippen LogP contribution in [0, 0.1) is 0 Å². The highest BCUT2D eigenvalue weighted by atomic mass is 35.5. The highest BCUT2D eigenvalue weighted by molar-refractivity contribution is 7.89. The lowest BCUT2D eigenvalue weighted by Gasteiger charge is -2.20. The van der Waals surface area contributed by atoms with Gasteiger partial charge in [0.15, 0.2) is 0 Å². The summed E-state index contributed by atoms with van der Waals surface area (Å²) in [5.41, 5.74) is 0. The van der Waals surface area contributed by atoms with Gasteiger partial charge in [-0.15, -0.1) is 12.4 Å². The molecule has 26 heavy (non-hydrogen) atoms. The molecule has 3 heterocycles. The van der Waals surface area contributed by atoms with Gasteiger partial charge in [-0.3, -0.25) is 4.98 Å². The number of nitrogens with one attached hydrogen (secondary N) is 1. The maximum atomic E-state index is 13.2. The summed E-state index contributed by atoms with van der Waals surface area (Å²) in [5.74, 6) is 0. The lowest BCUT2D eigenvalue weighted by molar-refractivity contribution is 0.188. The number of nitrogens with zero attached hydrogens (tertiary/aromatic N) is 2. The number of hydrogen-bond donors (Lipinski definition) is 1. The summed E-state index contributed by atoms with van der Waals surface area (Å²) in [7, 11) is -3.60. The van der Waals surface area contributed by atoms with Crippen LogP contribution in [0.15, 0.2) is 35.5 Å². The Morgan fingerprint density at radius 2 is 2.08 bits per heavy atom. The fourth-order valence-corrected chi connectivity index (χ4v) is 5.65. The van der Waals surface area contributed by atoms with Crippen molar-refractivity contribution in [2.45, 2.75) is 29.8 Å². The van der Waals surface area contributed by atoms with Crippen LogP contribution in [-0.4, -0.2) is 56.1 Å². The van der Waals surface area contributed by atoms with E-state index in [0.717, 1.165) is 24.8 Å². The van der Waals surface area contributed by atoms with Crippen molar-refractivity contribution in [3.63, 3.8) is 0 Å². The van der Waals surface area contributed by atoms with Crippen LogP contribution >= 0.6 is 24.0 Å². The molecule has 4 rings (SSSR count). The van der Waals surface area contributed by atoms with E-state index in [-0.39, 0.29) is 23.3 Å². The van der Waals surface area contributed by atoms with Crippen molar-refractivity contribution in [2.24, 2.45) is 0 Å². The van der Waals surface area contributed by atoms with E-state index in [0.29, 0.717) is 36.1 Å². The summed E-state index contributed by atoms with van der Waals surface area (Å²) in [6, 6.07) is 5.66. The highest BCUT2D eigenvalue weighted by Crippen LogP contribution is 2.32. The highest BCUT2D eigenvalue weighted by Gasteiger charge is 2.35. The van der Waals surface area contributed by atoms with Gasteiger partial charge >= 0.3 is 0 Å². The van der Waals surface area contributed by atoms with Crippen LogP contribution in [0.2, 0.25) is 5.02 Å². The zero-order valence-electron chi connectivity index (χ0n) is 14.1. The van der Waals surface area contributed by atoms with Gasteiger partial charge in [-0.1, -0.05) is 23.7 Å². The molecule has 1 aromatic heterocycles. The molecular formula is C17H21Cl2N3O3S. The molecule has 9 heteroatoms. The zero-order valence-corrected chi connectivity index (χ0v) is 16.5. The second-order valence-corrected chi connectivity index (χ2v) is 8.86. The first-order valence-corrected chi connectivity index (χ1v) is 10.2. The van der Waals surface area contributed by atoms with Gasteiger partial charge in [0, 0.05) is 54.9 Å². The lowest BCUT2D eigenvalue weighted by atomic mass is 10.2. The molecule has 2 fully saturated rings. The third-order valence-electron chi connectivity index (χ3n) is 4.87. The molecule has 2 aliphatic rings. The van der Waals surface area contributed by atoms with E-state index < -0.39 is 10.0 Å². The molecule has 2 saturated heterocycles. The fourth-order valence-electron chi connectivity index (χ4n) is 3.59. The van der Waals surface area contributed by atoms with E-state index >= 15 is 0 Å². The van der Waals surface area contributed by atoms with E-state index in [4.69, 9.17) is 16.3 Å². The SMILES string of the molecule is Cl.O=S(=O)(c1cccc2cncc(Cl)c12)N1CC[C@H](NC2CCOC2)C1. The van der Waals surface area contributed by atoms with Crippen LogP contribution in [-0.2, 0) is 14.8 Å². The van der Waals surface area contributed by atoms with Crippen molar-refractivity contribution in [1.29, 1.82) is 0 Å². The van der Waals surface area contributed by atoms with Crippen molar-refractivity contribution in [3.05, 3.63) is 35.6 Å². The summed E-state index contributed by atoms with van der Waals surface area (Å²) >= 11 is 6.25. The van der Waals surface area contributed by atoms with Crippen LogP contribution in [0.25, 0.3) is 10.8 Å². The number of hydrogen-bond acceptors (Lipinski definition) is 5. The van der Waals surface area contributed by atoms with Gasteiger partial charge in [0.25, 0.3) is 0 Å². The fraction of sp³-hybridized carbons (Fsp3) is 0.471. The van der Waals surface area contributed by atoms with E-state index in [1.807, 2.05) is 6.07 Å². The first kappa shape index (κ1) is 19.8. The van der Waals surface area contributed by atoms with Crippen LogP contribution in [0.1, 0.15) is 12.8 Å². The summed E-state index contributed by atoms with van der Waals surface area (Å²) in [6.45, 7) is 2.45. The zero-order chi connectivity index (χ0) is 17.4. The molecule has 1 unspecified atom stereocenters. The Morgan fingerprint density at radius 3 is 2.85 bits per heavy atom. The van der Waals surface area contributed by atoms with Gasteiger partial charge in [-0.2, -0.15) is 4.31 Å². The Labute approximate surface area is 164 Å². The number of aromatic nitrogens is 1. The van der Waals surface area contributed by atoms with Gasteiger partial charge in [-0.25, -0.2) is 8.42 Å². The number of benzene rings is 1. The number of ether oxygens (including phenoxy) is 1. The maximum Gasteiger partial charge on any atom is 0.243 e. The summed E-state index contributed by atoms with van der Waals surface area (Å²) in [6.07, 6.45) is 4.90. The van der Waals surface area contributed by atoms with Crippen LogP contribution in [0.3, 0.4) is 0 Å². The Kier molecular flexibility index (Phi) is 6.06. The Morgan fingerprint density at radius 1 is 1.23 bits per heavy atom. The van der Waals surface area contributed by atoms with Crippen molar-refractivity contribution in [3.8, 4) is 0 Å². The van der Waals surface area contributed by atoms with Gasteiger partial charge in [0.05, 0.1) is 16.5 Å². The molecule has 0 spiro atoms. The van der Waals surface area contributed by atoms with Gasteiger partial charge in [-0.05, 0) is 18.9 Å². The van der Waals surface area contributed by atoms with E-state index in [2.05, 4.69) is 10.3 Å². The van der Waals surface area contributed by atoms with Crippen LogP contribution in [0.4, 0.5) is 0 Å². The molecule has 142 valence electrons. The second kappa shape index (κ2) is 7.96. The first-order valence-electron chi connectivity index (χ1n) is 8.42. The van der Waals surface area contributed by atoms with Crippen molar-refractivity contribution >= 4 is 44.8 Å². The normalized spacial score (nSPS) is 24.0. The minimum atomic E-state index is -3.60. The Bertz CT molecular complexity index is 883. The summed E-state index contributed by atoms with van der Waals surface area (Å²) in [4.78, 5) is 4.29. The predicted molar refractivity (Wildman–Crippen MR) is 104 cm³/mol. The van der Waals surface area contributed by atoms with Crippen molar-refractivity contribution in [2.75, 3.05) is 26.3 Å². The van der Waals surface area contributed by atoms with Crippen LogP contribution < -0.4 is 5.32 Å².